The van der Waals surface area contributed by atoms with Crippen molar-refractivity contribution in [1.29, 1.82) is 0 Å². The van der Waals surface area contributed by atoms with Crippen molar-refractivity contribution in [1.82, 2.24) is 10.2 Å². The highest BCUT2D eigenvalue weighted by molar-refractivity contribution is 9.10. The molecule has 1 N–H and O–H groups in total. The molecule has 1 aromatic rings. The van der Waals surface area contributed by atoms with Crippen LogP contribution in [0.5, 0.6) is 5.75 Å². The molecular formula is C15H23BrN2O. The molecule has 19 heavy (non-hydrogen) atoms. The van der Waals surface area contributed by atoms with Gasteiger partial charge in [-0.1, -0.05) is 15.9 Å². The molecule has 0 aromatic heterocycles. The van der Waals surface area contributed by atoms with Crippen LogP contribution < -0.4 is 10.1 Å². The van der Waals surface area contributed by atoms with Gasteiger partial charge in [-0.3, -0.25) is 4.90 Å². The van der Waals surface area contributed by atoms with Crippen LogP contribution in [0.2, 0.25) is 0 Å². The molecule has 0 spiro atoms. The predicted octanol–water partition coefficient (Wildman–Crippen LogP) is 3.03. The first-order valence-corrected chi connectivity index (χ1v) is 7.52. The van der Waals surface area contributed by atoms with Crippen molar-refractivity contribution in [2.45, 2.75) is 38.9 Å². The van der Waals surface area contributed by atoms with Crippen LogP contribution in [-0.2, 0) is 6.54 Å². The Hall–Kier alpha value is -0.580. The lowest BCUT2D eigenvalue weighted by Gasteiger charge is -2.43. The van der Waals surface area contributed by atoms with Crippen LogP contribution >= 0.6 is 15.9 Å². The van der Waals surface area contributed by atoms with Crippen molar-refractivity contribution in [2.75, 3.05) is 20.2 Å². The number of methoxy groups -OCH3 is 1. The van der Waals surface area contributed by atoms with Gasteiger partial charge in [-0.05, 0) is 44.5 Å². The number of benzene rings is 1. The molecule has 1 aromatic carbocycles. The third-order valence-corrected chi connectivity index (χ3v) is 4.50. The average Bonchev–Trinajstić information content (AvgIpc) is 2.36. The first-order valence-electron chi connectivity index (χ1n) is 6.73. The van der Waals surface area contributed by atoms with E-state index in [4.69, 9.17) is 4.74 Å². The van der Waals surface area contributed by atoms with Crippen molar-refractivity contribution in [3.63, 3.8) is 0 Å². The fourth-order valence-corrected chi connectivity index (χ4v) is 2.87. The molecule has 1 fully saturated rings. The maximum absolute atomic E-state index is 5.32. The summed E-state index contributed by atoms with van der Waals surface area (Å²) in [4.78, 5) is 2.52. The zero-order chi connectivity index (χ0) is 14.0. The van der Waals surface area contributed by atoms with Crippen LogP contribution in [0.15, 0.2) is 22.7 Å². The van der Waals surface area contributed by atoms with E-state index in [-0.39, 0.29) is 5.54 Å². The van der Waals surface area contributed by atoms with Crippen LogP contribution in [0.1, 0.15) is 26.3 Å². The Morgan fingerprint density at radius 3 is 2.89 bits per heavy atom. The quantitative estimate of drug-likeness (QED) is 0.924. The highest BCUT2D eigenvalue weighted by Gasteiger charge is 2.30. The summed E-state index contributed by atoms with van der Waals surface area (Å²) in [6.07, 6.45) is 0. The standard InChI is InChI=1S/C15H23BrN2O/c1-11-8-17-15(2,3)10-18(11)9-12-7-13(19-4)5-6-14(12)16/h5-7,11,17H,8-10H2,1-4H3. The van der Waals surface area contributed by atoms with Gasteiger partial charge in [0, 0.05) is 35.7 Å². The van der Waals surface area contributed by atoms with Gasteiger partial charge in [0.25, 0.3) is 0 Å². The lowest BCUT2D eigenvalue weighted by molar-refractivity contribution is 0.0975. The molecule has 1 atom stereocenters. The second-order valence-electron chi connectivity index (χ2n) is 5.98. The Balaban J connectivity index is 2.15. The van der Waals surface area contributed by atoms with E-state index in [1.54, 1.807) is 7.11 Å². The molecule has 1 aliphatic heterocycles. The Bertz CT molecular complexity index is 448. The summed E-state index contributed by atoms with van der Waals surface area (Å²) < 4.78 is 6.46. The molecular weight excluding hydrogens is 304 g/mol. The van der Waals surface area contributed by atoms with Crippen molar-refractivity contribution >= 4 is 15.9 Å². The van der Waals surface area contributed by atoms with Gasteiger partial charge in [0.15, 0.2) is 0 Å². The van der Waals surface area contributed by atoms with Gasteiger partial charge in [-0.2, -0.15) is 0 Å². The van der Waals surface area contributed by atoms with E-state index in [0.29, 0.717) is 6.04 Å². The molecule has 0 aliphatic carbocycles. The molecule has 1 aliphatic rings. The summed E-state index contributed by atoms with van der Waals surface area (Å²) in [7, 11) is 1.71. The van der Waals surface area contributed by atoms with E-state index in [1.165, 1.54) is 5.56 Å². The van der Waals surface area contributed by atoms with E-state index in [2.05, 4.69) is 59.1 Å². The maximum Gasteiger partial charge on any atom is 0.119 e. The van der Waals surface area contributed by atoms with Gasteiger partial charge in [0.1, 0.15) is 5.75 Å². The normalized spacial score (nSPS) is 23.3. The fourth-order valence-electron chi connectivity index (χ4n) is 2.50. The van der Waals surface area contributed by atoms with Gasteiger partial charge in [-0.25, -0.2) is 0 Å². The molecule has 0 bridgehead atoms. The Morgan fingerprint density at radius 1 is 1.47 bits per heavy atom. The second kappa shape index (κ2) is 5.81. The molecule has 0 radical (unpaired) electrons. The highest BCUT2D eigenvalue weighted by atomic mass is 79.9. The third kappa shape index (κ3) is 3.71. The summed E-state index contributed by atoms with van der Waals surface area (Å²) in [5.74, 6) is 0.917. The zero-order valence-corrected chi connectivity index (χ0v) is 13.8. The van der Waals surface area contributed by atoms with Gasteiger partial charge in [-0.15, -0.1) is 0 Å². The van der Waals surface area contributed by atoms with Crippen LogP contribution in [0.4, 0.5) is 0 Å². The maximum atomic E-state index is 5.32. The Labute approximate surface area is 124 Å². The predicted molar refractivity (Wildman–Crippen MR) is 82.6 cm³/mol. The summed E-state index contributed by atoms with van der Waals surface area (Å²) in [6, 6.07) is 6.71. The molecule has 106 valence electrons. The topological polar surface area (TPSA) is 24.5 Å². The molecule has 2 rings (SSSR count). The first kappa shape index (κ1) is 14.8. The average molecular weight is 327 g/mol. The van der Waals surface area contributed by atoms with Gasteiger partial charge in [0.2, 0.25) is 0 Å². The minimum Gasteiger partial charge on any atom is -0.497 e. The summed E-state index contributed by atoms with van der Waals surface area (Å²) in [6.45, 7) is 9.83. The third-order valence-electron chi connectivity index (χ3n) is 3.72. The molecule has 0 saturated carbocycles. The smallest absolute Gasteiger partial charge is 0.119 e. The number of rotatable bonds is 3. The number of halogens is 1. The highest BCUT2D eigenvalue weighted by Crippen LogP contribution is 2.26. The zero-order valence-electron chi connectivity index (χ0n) is 12.2. The first-order chi connectivity index (χ1) is 8.91. The van der Waals surface area contributed by atoms with Crippen molar-refractivity contribution in [2.24, 2.45) is 0 Å². The van der Waals surface area contributed by atoms with E-state index in [9.17, 15) is 0 Å². The SMILES string of the molecule is COc1ccc(Br)c(CN2CC(C)(C)NCC2C)c1. The summed E-state index contributed by atoms with van der Waals surface area (Å²) in [5.41, 5.74) is 1.46. The van der Waals surface area contributed by atoms with Crippen LogP contribution in [-0.4, -0.2) is 36.7 Å². The minimum absolute atomic E-state index is 0.178. The number of hydrogen-bond acceptors (Lipinski definition) is 3. The molecule has 0 amide bonds. The molecule has 1 unspecified atom stereocenters. The fraction of sp³-hybridized carbons (Fsp3) is 0.600. The van der Waals surface area contributed by atoms with Crippen LogP contribution in [0.25, 0.3) is 0 Å². The monoisotopic (exact) mass is 326 g/mol. The van der Waals surface area contributed by atoms with Crippen molar-refractivity contribution in [3.05, 3.63) is 28.2 Å². The summed E-state index contributed by atoms with van der Waals surface area (Å²) >= 11 is 3.64. The van der Waals surface area contributed by atoms with E-state index >= 15 is 0 Å². The minimum atomic E-state index is 0.178. The number of ether oxygens (including phenoxy) is 1. The van der Waals surface area contributed by atoms with Crippen molar-refractivity contribution in [3.8, 4) is 5.75 Å². The van der Waals surface area contributed by atoms with Gasteiger partial charge in [0.05, 0.1) is 7.11 Å². The summed E-state index contributed by atoms with van der Waals surface area (Å²) in [5, 5.41) is 3.58. The Kier molecular flexibility index (Phi) is 4.54. The van der Waals surface area contributed by atoms with Crippen molar-refractivity contribution < 1.29 is 4.74 Å². The lowest BCUT2D eigenvalue weighted by atomic mass is 9.98. The van der Waals surface area contributed by atoms with E-state index in [1.807, 2.05) is 6.07 Å². The number of nitrogens with one attached hydrogen (secondary N) is 1. The number of hydrogen-bond donors (Lipinski definition) is 1. The Morgan fingerprint density at radius 2 is 2.21 bits per heavy atom. The lowest BCUT2D eigenvalue weighted by Crippen LogP contribution is -2.60. The van der Waals surface area contributed by atoms with Crippen LogP contribution in [0.3, 0.4) is 0 Å². The number of piperazine rings is 1. The molecule has 1 heterocycles. The van der Waals surface area contributed by atoms with E-state index < -0.39 is 0 Å². The van der Waals surface area contributed by atoms with Gasteiger partial charge >= 0.3 is 0 Å². The number of nitrogens with zero attached hydrogens (tertiary/aromatic N) is 1. The molecule has 3 nitrogen and oxygen atoms in total. The molecule has 4 heteroatoms. The van der Waals surface area contributed by atoms with E-state index in [0.717, 1.165) is 29.9 Å². The van der Waals surface area contributed by atoms with Crippen LogP contribution in [0, 0.1) is 0 Å². The molecule has 1 saturated heterocycles. The van der Waals surface area contributed by atoms with Gasteiger partial charge < -0.3 is 10.1 Å². The largest absolute Gasteiger partial charge is 0.497 e. The second-order valence-corrected chi connectivity index (χ2v) is 6.83.